The van der Waals surface area contributed by atoms with E-state index in [2.05, 4.69) is 167 Å². The van der Waals surface area contributed by atoms with Gasteiger partial charge in [0.2, 0.25) is 0 Å². The molecule has 5 atom stereocenters. The third kappa shape index (κ3) is 78.3. The molecule has 0 aliphatic heterocycles. The van der Waals surface area contributed by atoms with Gasteiger partial charge in [0.05, 0.1) is 26.4 Å². The molecule has 103 heavy (non-hydrogen) atoms. The third-order valence-corrected chi connectivity index (χ3v) is 18.4. The summed E-state index contributed by atoms with van der Waals surface area (Å²) in [6, 6.07) is 0. The van der Waals surface area contributed by atoms with Crippen LogP contribution in [0.25, 0.3) is 0 Å². The highest BCUT2D eigenvalue weighted by Gasteiger charge is 2.29. The summed E-state index contributed by atoms with van der Waals surface area (Å²) >= 11 is 0. The molecule has 16 nitrogen and oxygen atoms in total. The first-order valence-corrected chi connectivity index (χ1v) is 43.1. The zero-order valence-corrected chi connectivity index (χ0v) is 66.2. The maximum atomic E-state index is 13.0. The second-order valence-electron chi connectivity index (χ2n) is 26.5. The minimum atomic E-state index is -4.95. The van der Waals surface area contributed by atoms with Gasteiger partial charge in [-0.05, 0) is 148 Å². The minimum Gasteiger partial charge on any atom is -0.463 e. The molecule has 0 saturated heterocycles. The first-order valence-electron chi connectivity index (χ1n) is 40.1. The summed E-state index contributed by atoms with van der Waals surface area (Å²) in [7, 11) is -9.81. The number of ether oxygens (including phenoxy) is 3. The van der Waals surface area contributed by atoms with E-state index >= 15 is 0 Å². The predicted molar refractivity (Wildman–Crippen MR) is 426 cm³/mol. The SMILES string of the molecule is CC/C=C\C/C=C\C/C=C\C/C=C\C/C=C\CCCCCC(=O)OCC(COP(=O)(O)OCC(O)COP(=O)(O)OCC(O)COC(=O)CCCCCCCCCCCCCCC/C=C\C/C=C\C/C=C\C/C=C\CCCCC)OC(=O)CCCCCCCC/C=C\C/C=C\C/C=C\CCCCC. The molecule has 0 spiro atoms. The van der Waals surface area contributed by atoms with Gasteiger partial charge in [-0.1, -0.05) is 295 Å². The standard InChI is InChI=1S/C85H144O16P2/c1-4-7-10-13-16-19-22-25-28-31-34-35-36-37-38-39-40-41-42-43-46-48-50-53-56-59-62-65-68-71-83(88)95-74-80(86)75-97-102(91,92)98-76-81(87)77-99-103(93,94)100-79-82(101-85(90)73-70-67-64-61-58-55-52-49-45-33-30-27-24-21-18-15-12-9-6-3)78-96-84(89)72-69-66-63-60-57-54-51-47-44-32-29-26-23-20-17-14-11-8-5-2/h8,11,16-21,25-30,34-35,37-38,44-45,47,49,54,57,80-82,86-87H,4-7,9-10,12-15,22-24,31-33,36,39-43,46,48,50-53,55-56,58-79H2,1-3H3,(H,91,92)(H,93,94)/b11-8-,19-16-,20-17-,21-18-,28-25-,29-26-,30-27-,35-34-,38-37-,47-44-,49-45-,57-54-. The largest absolute Gasteiger partial charge is 0.472 e. The number of rotatable bonds is 75. The Morgan fingerprint density at radius 3 is 0.825 bits per heavy atom. The topological polar surface area (TPSA) is 231 Å². The Kier molecular flexibility index (Phi) is 73.6. The van der Waals surface area contributed by atoms with Crippen LogP contribution in [0.5, 0.6) is 0 Å². The van der Waals surface area contributed by atoms with E-state index in [0.29, 0.717) is 19.3 Å². The van der Waals surface area contributed by atoms with Crippen LogP contribution in [-0.4, -0.2) is 95.9 Å². The van der Waals surface area contributed by atoms with E-state index in [9.17, 15) is 43.5 Å². The average Bonchev–Trinajstić information content (AvgIpc) is 0.939. The average molecular weight is 1480 g/mol. The molecule has 4 N–H and O–H groups in total. The van der Waals surface area contributed by atoms with E-state index < -0.39 is 91.5 Å². The first-order chi connectivity index (χ1) is 50.2. The molecule has 0 fully saturated rings. The summed E-state index contributed by atoms with van der Waals surface area (Å²) in [5, 5.41) is 20.7. The molecule has 0 aliphatic rings. The van der Waals surface area contributed by atoms with Crippen LogP contribution in [0, 0.1) is 0 Å². The lowest BCUT2D eigenvalue weighted by atomic mass is 10.0. The molecule has 0 aromatic rings. The molecule has 0 rings (SSSR count). The Hall–Kier alpha value is -4.57. The van der Waals surface area contributed by atoms with Crippen molar-refractivity contribution in [3.63, 3.8) is 0 Å². The third-order valence-electron chi connectivity index (χ3n) is 16.5. The fraction of sp³-hybridized carbons (Fsp3) is 0.682. The number of phosphoric acid groups is 2. The van der Waals surface area contributed by atoms with Crippen molar-refractivity contribution in [2.45, 2.75) is 334 Å². The van der Waals surface area contributed by atoms with E-state index in [4.69, 9.17) is 32.3 Å². The smallest absolute Gasteiger partial charge is 0.463 e. The van der Waals surface area contributed by atoms with Crippen molar-refractivity contribution in [2.24, 2.45) is 0 Å². The van der Waals surface area contributed by atoms with Gasteiger partial charge in [0.1, 0.15) is 25.4 Å². The Morgan fingerprint density at radius 2 is 0.515 bits per heavy atom. The predicted octanol–water partition coefficient (Wildman–Crippen LogP) is 23.7. The molecule has 0 saturated carbocycles. The molecular formula is C85H144O16P2. The second-order valence-corrected chi connectivity index (χ2v) is 29.4. The molecule has 0 heterocycles. The maximum Gasteiger partial charge on any atom is 0.472 e. The molecule has 0 bridgehead atoms. The highest BCUT2D eigenvalue weighted by Crippen LogP contribution is 2.45. The number of aliphatic hydroxyl groups excluding tert-OH is 2. The van der Waals surface area contributed by atoms with E-state index in [1.807, 2.05) is 0 Å². The summed E-state index contributed by atoms with van der Waals surface area (Å²) < 4.78 is 61.2. The molecule has 590 valence electrons. The number of esters is 3. The maximum absolute atomic E-state index is 13.0. The van der Waals surface area contributed by atoms with Gasteiger partial charge in [-0.3, -0.25) is 32.5 Å². The lowest BCUT2D eigenvalue weighted by molar-refractivity contribution is -0.161. The lowest BCUT2D eigenvalue weighted by Gasteiger charge is -2.21. The monoisotopic (exact) mass is 1480 g/mol. The zero-order chi connectivity index (χ0) is 75.2. The Balaban J connectivity index is 4.61. The molecule has 0 aliphatic carbocycles. The normalized spacial score (nSPS) is 14.7. The van der Waals surface area contributed by atoms with E-state index in [-0.39, 0.29) is 19.3 Å². The minimum absolute atomic E-state index is 0.0782. The van der Waals surface area contributed by atoms with Gasteiger partial charge in [-0.25, -0.2) is 9.13 Å². The van der Waals surface area contributed by atoms with Crippen LogP contribution in [-0.2, 0) is 55.8 Å². The number of hydrogen-bond acceptors (Lipinski definition) is 14. The van der Waals surface area contributed by atoms with Gasteiger partial charge < -0.3 is 34.2 Å². The number of allylic oxidation sites excluding steroid dienone is 24. The van der Waals surface area contributed by atoms with Crippen LogP contribution in [0.15, 0.2) is 146 Å². The first kappa shape index (κ1) is 98.4. The Bertz CT molecular complexity index is 2450. The van der Waals surface area contributed by atoms with Crippen LogP contribution >= 0.6 is 15.6 Å². The van der Waals surface area contributed by atoms with Gasteiger partial charge in [0, 0.05) is 19.3 Å². The van der Waals surface area contributed by atoms with Crippen molar-refractivity contribution in [3.8, 4) is 0 Å². The van der Waals surface area contributed by atoms with Crippen LogP contribution < -0.4 is 0 Å². The fourth-order valence-electron chi connectivity index (χ4n) is 10.4. The molecule has 0 amide bonds. The lowest BCUT2D eigenvalue weighted by Crippen LogP contribution is -2.30. The highest BCUT2D eigenvalue weighted by atomic mass is 31.2. The van der Waals surface area contributed by atoms with Crippen LogP contribution in [0.1, 0.15) is 316 Å². The number of aliphatic hydroxyl groups is 2. The summed E-state index contributed by atoms with van der Waals surface area (Å²) in [6.45, 7) is 2.46. The van der Waals surface area contributed by atoms with Crippen LogP contribution in [0.2, 0.25) is 0 Å². The van der Waals surface area contributed by atoms with Crippen molar-refractivity contribution in [1.29, 1.82) is 0 Å². The number of hydrogen-bond donors (Lipinski definition) is 4. The highest BCUT2D eigenvalue weighted by molar-refractivity contribution is 7.47. The van der Waals surface area contributed by atoms with E-state index in [0.717, 1.165) is 154 Å². The van der Waals surface area contributed by atoms with Crippen molar-refractivity contribution >= 4 is 33.6 Å². The fourth-order valence-corrected chi connectivity index (χ4v) is 12.0. The van der Waals surface area contributed by atoms with Crippen molar-refractivity contribution in [3.05, 3.63) is 146 Å². The number of unbranched alkanes of at least 4 members (excludes halogenated alkanes) is 28. The zero-order valence-electron chi connectivity index (χ0n) is 64.4. The summed E-state index contributed by atoms with van der Waals surface area (Å²) in [4.78, 5) is 58.7. The van der Waals surface area contributed by atoms with Gasteiger partial charge in [0.25, 0.3) is 0 Å². The van der Waals surface area contributed by atoms with Crippen LogP contribution in [0.4, 0.5) is 0 Å². The number of carbonyl (C=O) groups excluding carboxylic acids is 3. The Morgan fingerprint density at radius 1 is 0.282 bits per heavy atom. The molecular weight excluding hydrogens is 1340 g/mol. The van der Waals surface area contributed by atoms with Gasteiger partial charge in [-0.15, -0.1) is 0 Å². The van der Waals surface area contributed by atoms with Crippen molar-refractivity contribution < 1.29 is 75.8 Å². The van der Waals surface area contributed by atoms with Gasteiger partial charge in [0.15, 0.2) is 6.10 Å². The second kappa shape index (κ2) is 77.1. The molecule has 5 unspecified atom stereocenters. The van der Waals surface area contributed by atoms with E-state index in [1.54, 1.807) is 0 Å². The quantitative estimate of drug-likeness (QED) is 0.0146. The van der Waals surface area contributed by atoms with Crippen LogP contribution in [0.3, 0.4) is 0 Å². The summed E-state index contributed by atoms with van der Waals surface area (Å²) in [5.74, 6) is -1.63. The molecule has 0 aromatic heterocycles. The number of phosphoric ester groups is 2. The van der Waals surface area contributed by atoms with Crippen molar-refractivity contribution in [2.75, 3.05) is 39.6 Å². The summed E-state index contributed by atoms with van der Waals surface area (Å²) in [5.41, 5.74) is 0. The summed E-state index contributed by atoms with van der Waals surface area (Å²) in [6.07, 6.45) is 94.6. The molecule has 0 aromatic carbocycles. The molecule has 0 radical (unpaired) electrons. The van der Waals surface area contributed by atoms with Gasteiger partial charge in [-0.2, -0.15) is 0 Å². The molecule has 18 heteroatoms. The number of carbonyl (C=O) groups is 3. The van der Waals surface area contributed by atoms with Crippen molar-refractivity contribution in [1.82, 2.24) is 0 Å². The van der Waals surface area contributed by atoms with Gasteiger partial charge >= 0.3 is 33.6 Å². The Labute approximate surface area is 626 Å². The van der Waals surface area contributed by atoms with E-state index in [1.165, 1.54) is 103 Å².